The van der Waals surface area contributed by atoms with Gasteiger partial charge in [0, 0.05) is 0 Å². The van der Waals surface area contributed by atoms with Crippen LogP contribution in [0, 0.1) is 0 Å². The summed E-state index contributed by atoms with van der Waals surface area (Å²) < 4.78 is 0. The van der Waals surface area contributed by atoms with Gasteiger partial charge in [-0.15, -0.1) is 0 Å². The van der Waals surface area contributed by atoms with E-state index in [1.54, 1.807) is 0 Å². The molecule has 0 aromatic carbocycles. The highest BCUT2D eigenvalue weighted by Crippen LogP contribution is 2.12. The second-order valence-corrected chi connectivity index (χ2v) is 12.2. The highest BCUT2D eigenvalue weighted by atomic mass is 16.3. The first-order valence-corrected chi connectivity index (χ1v) is 18.0. The SMILES string of the molecule is CCCCCC/C=C\CCC(O)C(=O)NC(CO)C(O)C(O)CCC/C=C/CC/C=C/CC/C=C/CCCCCCCCC. The van der Waals surface area contributed by atoms with Crippen molar-refractivity contribution in [3.8, 4) is 0 Å². The van der Waals surface area contributed by atoms with E-state index in [0.717, 1.165) is 44.9 Å². The van der Waals surface area contributed by atoms with Gasteiger partial charge in [0.05, 0.1) is 18.8 Å². The van der Waals surface area contributed by atoms with Crippen molar-refractivity contribution >= 4 is 5.91 Å². The molecule has 0 heterocycles. The number of carbonyl (C=O) groups excluding carboxylic acids is 1. The van der Waals surface area contributed by atoms with E-state index >= 15 is 0 Å². The molecule has 4 atom stereocenters. The van der Waals surface area contributed by atoms with Crippen molar-refractivity contribution in [2.75, 3.05) is 6.61 Å². The maximum atomic E-state index is 12.3. The molecule has 0 saturated carbocycles. The zero-order valence-electron chi connectivity index (χ0n) is 28.4. The lowest BCUT2D eigenvalue weighted by Gasteiger charge is -2.27. The third-order valence-electron chi connectivity index (χ3n) is 7.98. The Labute approximate surface area is 270 Å². The number of hydrogen-bond donors (Lipinski definition) is 5. The minimum absolute atomic E-state index is 0.271. The van der Waals surface area contributed by atoms with Crippen LogP contribution in [0.4, 0.5) is 0 Å². The molecule has 0 aliphatic carbocycles. The van der Waals surface area contributed by atoms with Crippen LogP contribution in [0.1, 0.15) is 155 Å². The first-order valence-electron chi connectivity index (χ1n) is 18.0. The third-order valence-corrected chi connectivity index (χ3v) is 7.98. The van der Waals surface area contributed by atoms with E-state index in [0.29, 0.717) is 19.3 Å². The molecule has 44 heavy (non-hydrogen) atoms. The van der Waals surface area contributed by atoms with E-state index in [1.165, 1.54) is 70.6 Å². The minimum atomic E-state index is -1.30. The summed E-state index contributed by atoms with van der Waals surface area (Å²) in [4.78, 5) is 12.3. The average molecular weight is 620 g/mol. The Kier molecular flexibility index (Phi) is 31.4. The van der Waals surface area contributed by atoms with Crippen LogP contribution in [0.2, 0.25) is 0 Å². The molecule has 0 bridgehead atoms. The highest BCUT2D eigenvalue weighted by Gasteiger charge is 2.28. The molecule has 0 fully saturated rings. The van der Waals surface area contributed by atoms with Crippen molar-refractivity contribution in [3.05, 3.63) is 48.6 Å². The van der Waals surface area contributed by atoms with Gasteiger partial charge in [-0.25, -0.2) is 0 Å². The van der Waals surface area contributed by atoms with Gasteiger partial charge in [0.15, 0.2) is 0 Å². The molecule has 0 aromatic heterocycles. The summed E-state index contributed by atoms with van der Waals surface area (Å²) in [5.74, 6) is -0.640. The molecular formula is C38H69NO5. The zero-order valence-corrected chi connectivity index (χ0v) is 28.4. The molecule has 0 spiro atoms. The normalized spacial score (nSPS) is 15.1. The zero-order chi connectivity index (χ0) is 32.5. The predicted octanol–water partition coefficient (Wildman–Crippen LogP) is 8.39. The molecule has 1 amide bonds. The molecule has 5 N–H and O–H groups in total. The maximum absolute atomic E-state index is 12.3. The lowest BCUT2D eigenvalue weighted by atomic mass is 10.0. The fourth-order valence-corrected chi connectivity index (χ4v) is 5.02. The number of carbonyl (C=O) groups is 1. The quantitative estimate of drug-likeness (QED) is 0.0395. The number of amides is 1. The maximum Gasteiger partial charge on any atom is 0.249 e. The summed E-state index contributed by atoms with van der Waals surface area (Å²) in [6.45, 7) is 3.93. The fourth-order valence-electron chi connectivity index (χ4n) is 5.02. The third kappa shape index (κ3) is 26.7. The van der Waals surface area contributed by atoms with Gasteiger partial charge >= 0.3 is 0 Å². The van der Waals surface area contributed by atoms with E-state index in [9.17, 15) is 25.2 Å². The second kappa shape index (κ2) is 32.7. The molecule has 0 aromatic rings. The van der Waals surface area contributed by atoms with Gasteiger partial charge < -0.3 is 25.7 Å². The molecule has 0 aliphatic rings. The molecule has 6 heteroatoms. The van der Waals surface area contributed by atoms with Gasteiger partial charge in [0.2, 0.25) is 5.91 Å². The molecule has 0 rings (SSSR count). The Morgan fingerprint density at radius 1 is 0.545 bits per heavy atom. The number of allylic oxidation sites excluding steroid dienone is 8. The van der Waals surface area contributed by atoms with Gasteiger partial charge in [-0.05, 0) is 83.5 Å². The van der Waals surface area contributed by atoms with Gasteiger partial charge in [-0.3, -0.25) is 4.79 Å². The number of rotatable bonds is 31. The van der Waals surface area contributed by atoms with Crippen molar-refractivity contribution in [3.63, 3.8) is 0 Å². The van der Waals surface area contributed by atoms with Crippen LogP contribution in [0.5, 0.6) is 0 Å². The summed E-state index contributed by atoms with van der Waals surface area (Å²) >= 11 is 0. The fraction of sp³-hybridized carbons (Fsp3) is 0.763. The van der Waals surface area contributed by atoms with Crippen molar-refractivity contribution < 1.29 is 25.2 Å². The summed E-state index contributed by atoms with van der Waals surface area (Å²) in [5.41, 5.74) is 0. The predicted molar refractivity (Wildman–Crippen MR) is 187 cm³/mol. The van der Waals surface area contributed by atoms with Crippen molar-refractivity contribution in [2.45, 2.75) is 179 Å². The van der Waals surface area contributed by atoms with E-state index in [4.69, 9.17) is 0 Å². The summed E-state index contributed by atoms with van der Waals surface area (Å²) in [5, 5.41) is 43.1. The average Bonchev–Trinajstić information content (AvgIpc) is 3.03. The Bertz CT molecular complexity index is 748. The van der Waals surface area contributed by atoms with Crippen molar-refractivity contribution in [1.82, 2.24) is 5.32 Å². The van der Waals surface area contributed by atoms with E-state index in [-0.39, 0.29) is 6.42 Å². The van der Waals surface area contributed by atoms with Gasteiger partial charge in [-0.1, -0.05) is 120 Å². The Morgan fingerprint density at radius 3 is 1.45 bits per heavy atom. The van der Waals surface area contributed by atoms with Crippen LogP contribution in [0.3, 0.4) is 0 Å². The van der Waals surface area contributed by atoms with Crippen LogP contribution < -0.4 is 5.32 Å². The number of aliphatic hydroxyl groups excluding tert-OH is 4. The standard InChI is InChI=1S/C38H69NO5/c1-3-5-7-9-11-13-14-15-16-17-18-19-20-21-22-23-24-26-27-29-31-35(41)37(43)34(33-40)39-38(44)36(42)32-30-28-25-12-10-8-6-4-2/h16-17,20-21,24-26,28,34-37,40-43H,3-15,18-19,22-23,27,29-33H2,1-2H3,(H,39,44)/b17-16+,21-20+,26-24+,28-25-. The lowest BCUT2D eigenvalue weighted by Crippen LogP contribution is -2.53. The first-order chi connectivity index (χ1) is 21.5. The van der Waals surface area contributed by atoms with Crippen LogP contribution in [0.25, 0.3) is 0 Å². The molecule has 0 saturated heterocycles. The van der Waals surface area contributed by atoms with E-state index in [2.05, 4.69) is 61.7 Å². The molecule has 6 nitrogen and oxygen atoms in total. The molecule has 0 radical (unpaired) electrons. The summed E-state index contributed by atoms with van der Waals surface area (Å²) in [6.07, 6.45) is 37.3. The van der Waals surface area contributed by atoms with Crippen LogP contribution >= 0.6 is 0 Å². The number of hydrogen-bond acceptors (Lipinski definition) is 5. The van der Waals surface area contributed by atoms with Crippen LogP contribution in [0.15, 0.2) is 48.6 Å². The summed E-state index contributed by atoms with van der Waals surface area (Å²) in [6, 6.07) is -1.02. The number of aliphatic hydroxyl groups is 4. The molecule has 256 valence electrons. The minimum Gasteiger partial charge on any atom is -0.394 e. The van der Waals surface area contributed by atoms with Crippen LogP contribution in [-0.2, 0) is 4.79 Å². The largest absolute Gasteiger partial charge is 0.394 e. The molecule has 0 aliphatic heterocycles. The van der Waals surface area contributed by atoms with Crippen molar-refractivity contribution in [1.29, 1.82) is 0 Å². The van der Waals surface area contributed by atoms with E-state index < -0.39 is 36.9 Å². The van der Waals surface area contributed by atoms with Gasteiger partial charge in [-0.2, -0.15) is 0 Å². The van der Waals surface area contributed by atoms with Gasteiger partial charge in [0.1, 0.15) is 12.2 Å². The van der Waals surface area contributed by atoms with Crippen molar-refractivity contribution in [2.24, 2.45) is 0 Å². The topological polar surface area (TPSA) is 110 Å². The monoisotopic (exact) mass is 620 g/mol. The Morgan fingerprint density at radius 2 is 0.955 bits per heavy atom. The second-order valence-electron chi connectivity index (χ2n) is 12.2. The Balaban J connectivity index is 3.93. The van der Waals surface area contributed by atoms with Gasteiger partial charge in [0.25, 0.3) is 0 Å². The first kappa shape index (κ1) is 42.3. The van der Waals surface area contributed by atoms with E-state index in [1.807, 2.05) is 6.08 Å². The molecular weight excluding hydrogens is 550 g/mol. The number of unbranched alkanes of at least 4 members (excludes halogenated alkanes) is 14. The summed E-state index contributed by atoms with van der Waals surface area (Å²) in [7, 11) is 0. The highest BCUT2D eigenvalue weighted by molar-refractivity contribution is 5.80. The lowest BCUT2D eigenvalue weighted by molar-refractivity contribution is -0.132. The molecule has 4 unspecified atom stereocenters. The Hall–Kier alpha value is -1.73. The smallest absolute Gasteiger partial charge is 0.249 e. The number of nitrogens with one attached hydrogen (secondary N) is 1. The van der Waals surface area contributed by atoms with Crippen LogP contribution in [-0.4, -0.2) is 57.3 Å².